The summed E-state index contributed by atoms with van der Waals surface area (Å²) in [6.07, 6.45) is 3.59. The molecule has 11 nitrogen and oxygen atoms in total. The van der Waals surface area contributed by atoms with Crippen molar-refractivity contribution in [3.8, 4) is 22.5 Å². The van der Waals surface area contributed by atoms with Crippen LogP contribution in [-0.2, 0) is 24.3 Å². The van der Waals surface area contributed by atoms with Crippen LogP contribution in [0.25, 0.3) is 22.5 Å². The van der Waals surface area contributed by atoms with Crippen molar-refractivity contribution < 1.29 is 18.4 Å². The number of esters is 1. The van der Waals surface area contributed by atoms with Crippen LogP contribution in [0.4, 0.5) is 0 Å². The molecule has 0 aliphatic carbocycles. The molecule has 5 rings (SSSR count). The lowest BCUT2D eigenvalue weighted by Crippen LogP contribution is -2.15. The molecule has 0 atom stereocenters. The van der Waals surface area contributed by atoms with Gasteiger partial charge in [-0.2, -0.15) is 5.21 Å². The van der Waals surface area contributed by atoms with Crippen LogP contribution in [0.1, 0.15) is 47.4 Å². The van der Waals surface area contributed by atoms with Gasteiger partial charge in [0.25, 0.3) is 0 Å². The standard InChI is InChI=1S/C26H23ClN6O5/c1-2-3-8-21-28-23(27)22(25(34)36-14-18-15-37-26(35)38-18)33(21)13-16-9-11-17(12-10-16)19-6-4-5-7-20(19)24-29-31-32-30-24/h4-7,9-12,15H,2-3,8,13-14H2,1H3,(H,29,30,31,32). The third-order valence-corrected chi connectivity index (χ3v) is 6.18. The van der Waals surface area contributed by atoms with E-state index in [-0.39, 0.29) is 23.2 Å². The van der Waals surface area contributed by atoms with Crippen molar-refractivity contribution in [1.82, 2.24) is 30.2 Å². The van der Waals surface area contributed by atoms with E-state index in [0.717, 1.165) is 41.4 Å². The zero-order valence-corrected chi connectivity index (χ0v) is 21.1. The lowest BCUT2D eigenvalue weighted by Gasteiger charge is -2.13. The first-order valence-corrected chi connectivity index (χ1v) is 12.3. The first-order chi connectivity index (χ1) is 18.5. The summed E-state index contributed by atoms with van der Waals surface area (Å²) in [5, 5.41) is 14.4. The number of aromatic nitrogens is 6. The van der Waals surface area contributed by atoms with Gasteiger partial charge in [0.15, 0.2) is 23.2 Å². The van der Waals surface area contributed by atoms with Crippen molar-refractivity contribution in [2.75, 3.05) is 0 Å². The summed E-state index contributed by atoms with van der Waals surface area (Å²) in [6.45, 7) is 2.16. The van der Waals surface area contributed by atoms with Crippen LogP contribution in [0.3, 0.4) is 0 Å². The van der Waals surface area contributed by atoms with E-state index in [2.05, 4.69) is 36.9 Å². The number of nitrogens with one attached hydrogen (secondary N) is 1. The Morgan fingerprint density at radius 3 is 2.61 bits per heavy atom. The number of aryl methyl sites for hydroxylation is 1. The van der Waals surface area contributed by atoms with Crippen LogP contribution in [0, 0.1) is 0 Å². The Morgan fingerprint density at radius 2 is 1.92 bits per heavy atom. The molecular weight excluding hydrogens is 512 g/mol. The molecule has 3 aromatic heterocycles. The van der Waals surface area contributed by atoms with E-state index < -0.39 is 11.8 Å². The van der Waals surface area contributed by atoms with Crippen LogP contribution < -0.4 is 5.82 Å². The Balaban J connectivity index is 1.41. The summed E-state index contributed by atoms with van der Waals surface area (Å²) in [5.74, 6) is -0.265. The van der Waals surface area contributed by atoms with E-state index in [1.54, 1.807) is 4.57 Å². The van der Waals surface area contributed by atoms with Gasteiger partial charge in [0.1, 0.15) is 12.1 Å². The Morgan fingerprint density at radius 1 is 1.13 bits per heavy atom. The molecule has 0 saturated carbocycles. The molecule has 0 fully saturated rings. The largest absolute Gasteiger partial charge is 0.518 e. The summed E-state index contributed by atoms with van der Waals surface area (Å²) in [4.78, 5) is 28.5. The van der Waals surface area contributed by atoms with Gasteiger partial charge in [-0.1, -0.05) is 73.5 Å². The number of imidazole rings is 1. The highest BCUT2D eigenvalue weighted by atomic mass is 35.5. The average molecular weight is 535 g/mol. The molecule has 194 valence electrons. The third-order valence-electron chi connectivity index (χ3n) is 5.92. The topological polar surface area (TPSA) is 142 Å². The summed E-state index contributed by atoms with van der Waals surface area (Å²) < 4.78 is 16.5. The number of H-pyrrole nitrogens is 1. The minimum atomic E-state index is -0.871. The molecule has 3 heterocycles. The number of halogens is 1. The number of benzene rings is 2. The van der Waals surface area contributed by atoms with Gasteiger partial charge in [-0.05, 0) is 28.3 Å². The van der Waals surface area contributed by atoms with Gasteiger partial charge >= 0.3 is 11.8 Å². The summed E-state index contributed by atoms with van der Waals surface area (Å²) in [6, 6.07) is 15.8. The summed E-state index contributed by atoms with van der Waals surface area (Å²) in [7, 11) is 0. The van der Waals surface area contributed by atoms with Gasteiger partial charge < -0.3 is 18.1 Å². The Hall–Kier alpha value is -4.51. The quantitative estimate of drug-likeness (QED) is 0.253. The lowest BCUT2D eigenvalue weighted by atomic mass is 9.98. The molecule has 0 radical (unpaired) electrons. The zero-order chi connectivity index (χ0) is 26.5. The normalized spacial score (nSPS) is 11.1. The van der Waals surface area contributed by atoms with Crippen LogP contribution >= 0.6 is 11.6 Å². The predicted octanol–water partition coefficient (Wildman–Crippen LogP) is 4.68. The Labute approximate surface area is 221 Å². The molecule has 0 aliphatic heterocycles. The molecule has 12 heteroatoms. The maximum atomic E-state index is 13.0. The zero-order valence-electron chi connectivity index (χ0n) is 20.4. The van der Waals surface area contributed by atoms with Gasteiger partial charge in [-0.15, -0.1) is 10.2 Å². The second kappa shape index (κ2) is 11.3. The number of carbonyl (C=O) groups excluding carboxylic acids is 1. The van der Waals surface area contributed by atoms with Crippen LogP contribution in [0.5, 0.6) is 0 Å². The molecule has 38 heavy (non-hydrogen) atoms. The van der Waals surface area contributed by atoms with E-state index in [1.807, 2.05) is 48.5 Å². The van der Waals surface area contributed by atoms with Gasteiger partial charge in [-0.25, -0.2) is 14.6 Å². The monoisotopic (exact) mass is 534 g/mol. The Bertz CT molecular complexity index is 1590. The minimum Gasteiger partial charge on any atom is -0.453 e. The number of aromatic amines is 1. The first kappa shape index (κ1) is 25.2. The summed E-state index contributed by atoms with van der Waals surface area (Å²) >= 11 is 6.40. The third kappa shape index (κ3) is 5.42. The minimum absolute atomic E-state index is 0.0559. The number of hydrogen-bond donors (Lipinski definition) is 1. The fraction of sp³-hybridized carbons (Fsp3) is 0.231. The fourth-order valence-electron chi connectivity index (χ4n) is 4.07. The smallest absolute Gasteiger partial charge is 0.453 e. The number of carbonyl (C=O) groups is 1. The molecule has 0 saturated heterocycles. The number of hydrogen-bond acceptors (Lipinski definition) is 9. The van der Waals surface area contributed by atoms with Crippen LogP contribution in [-0.4, -0.2) is 36.1 Å². The number of rotatable bonds is 10. The molecule has 0 unspecified atom stereocenters. The highest BCUT2D eigenvalue weighted by molar-refractivity contribution is 6.32. The highest BCUT2D eigenvalue weighted by Gasteiger charge is 2.24. The van der Waals surface area contributed by atoms with Gasteiger partial charge in [0.05, 0.1) is 0 Å². The lowest BCUT2D eigenvalue weighted by molar-refractivity contribution is 0.0431. The van der Waals surface area contributed by atoms with Crippen molar-refractivity contribution in [2.24, 2.45) is 0 Å². The van der Waals surface area contributed by atoms with Crippen molar-refractivity contribution >= 4 is 17.6 Å². The number of ether oxygens (including phenoxy) is 1. The maximum Gasteiger partial charge on any atom is 0.518 e. The first-order valence-electron chi connectivity index (χ1n) is 11.9. The van der Waals surface area contributed by atoms with Gasteiger partial charge in [-0.3, -0.25) is 0 Å². The molecule has 5 aromatic rings. The number of unbranched alkanes of at least 4 members (excludes halogenated alkanes) is 1. The molecule has 0 aliphatic rings. The van der Waals surface area contributed by atoms with E-state index in [0.29, 0.717) is 24.6 Å². The second-order valence-corrected chi connectivity index (χ2v) is 8.82. The molecule has 0 bridgehead atoms. The molecular formula is C26H23ClN6O5. The average Bonchev–Trinajstić information content (AvgIpc) is 3.68. The van der Waals surface area contributed by atoms with Gasteiger partial charge in [0.2, 0.25) is 5.82 Å². The Kier molecular flexibility index (Phi) is 7.45. The van der Waals surface area contributed by atoms with E-state index in [4.69, 9.17) is 20.8 Å². The van der Waals surface area contributed by atoms with Crippen molar-refractivity contribution in [2.45, 2.75) is 39.3 Å². The van der Waals surface area contributed by atoms with Crippen molar-refractivity contribution in [3.05, 3.63) is 93.4 Å². The molecule has 2 aromatic carbocycles. The SMILES string of the molecule is CCCCc1nc(Cl)c(C(=O)OCc2coc(=O)o2)n1Cc1ccc(-c2ccccc2-c2nn[nH]n2)cc1. The fourth-order valence-corrected chi connectivity index (χ4v) is 4.35. The van der Waals surface area contributed by atoms with Gasteiger partial charge in [0, 0.05) is 18.5 Å². The number of tetrazole rings is 1. The van der Waals surface area contributed by atoms with Crippen molar-refractivity contribution in [1.29, 1.82) is 0 Å². The maximum absolute atomic E-state index is 13.0. The van der Waals surface area contributed by atoms with Crippen molar-refractivity contribution in [3.63, 3.8) is 0 Å². The second-order valence-electron chi connectivity index (χ2n) is 8.47. The highest BCUT2D eigenvalue weighted by Crippen LogP contribution is 2.30. The van der Waals surface area contributed by atoms with Crippen LogP contribution in [0.15, 0.2) is 68.4 Å². The molecule has 1 N–H and O–H groups in total. The van der Waals surface area contributed by atoms with Crippen LogP contribution in [0.2, 0.25) is 5.15 Å². The number of nitrogens with zero attached hydrogens (tertiary/aromatic N) is 5. The molecule has 0 spiro atoms. The van der Waals surface area contributed by atoms with E-state index in [9.17, 15) is 9.59 Å². The predicted molar refractivity (Wildman–Crippen MR) is 136 cm³/mol. The van der Waals surface area contributed by atoms with E-state index >= 15 is 0 Å². The summed E-state index contributed by atoms with van der Waals surface area (Å²) in [5.41, 5.74) is 3.87. The molecule has 0 amide bonds. The van der Waals surface area contributed by atoms with E-state index in [1.165, 1.54) is 0 Å².